The maximum Gasteiger partial charge on any atom is 0.128 e. The van der Waals surface area contributed by atoms with Gasteiger partial charge in [0.2, 0.25) is 0 Å². The van der Waals surface area contributed by atoms with Gasteiger partial charge < -0.3 is 4.74 Å². The van der Waals surface area contributed by atoms with E-state index in [1.807, 2.05) is 6.20 Å². The predicted octanol–water partition coefficient (Wildman–Crippen LogP) is 8.03. The number of hydrogen-bond donors (Lipinski definition) is 0. The van der Waals surface area contributed by atoms with Gasteiger partial charge in [-0.3, -0.25) is 0 Å². The molecular formula is C28H42N2O. The molecule has 0 N–H and O–H groups in total. The molecule has 0 aliphatic heterocycles. The Bertz CT molecular complexity index is 752. The van der Waals surface area contributed by atoms with Gasteiger partial charge in [-0.1, -0.05) is 90.2 Å². The van der Waals surface area contributed by atoms with Gasteiger partial charge in [0.1, 0.15) is 12.1 Å². The molecule has 3 heteroatoms. The van der Waals surface area contributed by atoms with Crippen LogP contribution >= 0.6 is 0 Å². The van der Waals surface area contributed by atoms with Crippen LogP contribution in [-0.2, 0) is 6.42 Å². The lowest BCUT2D eigenvalue weighted by molar-refractivity contribution is 0.250. The summed E-state index contributed by atoms with van der Waals surface area (Å²) in [6, 6.07) is 8.37. The van der Waals surface area contributed by atoms with E-state index in [4.69, 9.17) is 4.74 Å². The Kier molecular flexibility index (Phi) is 10.3. The lowest BCUT2D eigenvalue weighted by atomic mass is 9.78. The van der Waals surface area contributed by atoms with Crippen LogP contribution in [-0.4, -0.2) is 16.6 Å². The molecule has 1 fully saturated rings. The number of rotatable bonds is 13. The normalized spacial score (nSPS) is 18.8. The lowest BCUT2D eigenvalue weighted by Crippen LogP contribution is -2.15. The highest BCUT2D eigenvalue weighted by Crippen LogP contribution is 2.36. The zero-order chi connectivity index (χ0) is 21.7. The second-order valence-electron chi connectivity index (χ2n) is 9.37. The van der Waals surface area contributed by atoms with Gasteiger partial charge in [0.05, 0.1) is 12.3 Å². The standard InChI is InChI=1S/C28H42N2O/c1-3-5-7-10-20-31-27-13-9-8-12-26(27)28-25(21-29-22-30-28)19-18-24-16-14-23(15-17-24)11-6-4-2/h8-9,12-13,21-24H,3-7,10-11,14-20H2,1-2H3. The van der Waals surface area contributed by atoms with E-state index >= 15 is 0 Å². The van der Waals surface area contributed by atoms with Crippen molar-refractivity contribution in [1.29, 1.82) is 0 Å². The third kappa shape index (κ3) is 7.63. The zero-order valence-electron chi connectivity index (χ0n) is 19.8. The van der Waals surface area contributed by atoms with Crippen LogP contribution in [0.1, 0.15) is 96.5 Å². The number of para-hydroxylation sites is 1. The molecule has 0 bridgehead atoms. The molecule has 3 rings (SSSR count). The number of unbranched alkanes of at least 4 members (excludes halogenated alkanes) is 4. The first-order chi connectivity index (χ1) is 15.3. The fraction of sp³-hybridized carbons (Fsp3) is 0.643. The summed E-state index contributed by atoms with van der Waals surface area (Å²) < 4.78 is 6.17. The minimum absolute atomic E-state index is 0.776. The maximum atomic E-state index is 6.17. The molecule has 170 valence electrons. The summed E-state index contributed by atoms with van der Waals surface area (Å²) in [5, 5.41) is 0. The number of hydrogen-bond acceptors (Lipinski definition) is 3. The van der Waals surface area contributed by atoms with Crippen molar-refractivity contribution in [3.05, 3.63) is 42.4 Å². The van der Waals surface area contributed by atoms with Gasteiger partial charge in [-0.25, -0.2) is 9.97 Å². The van der Waals surface area contributed by atoms with Gasteiger partial charge in [-0.05, 0) is 48.8 Å². The second-order valence-corrected chi connectivity index (χ2v) is 9.37. The van der Waals surface area contributed by atoms with Crippen LogP contribution < -0.4 is 4.74 Å². The van der Waals surface area contributed by atoms with E-state index < -0.39 is 0 Å². The quantitative estimate of drug-likeness (QED) is 0.306. The molecule has 0 spiro atoms. The van der Waals surface area contributed by atoms with E-state index in [0.717, 1.165) is 48.3 Å². The van der Waals surface area contributed by atoms with Crippen molar-refractivity contribution in [2.75, 3.05) is 6.61 Å². The molecule has 1 aliphatic carbocycles. The minimum atomic E-state index is 0.776. The van der Waals surface area contributed by atoms with Crippen molar-refractivity contribution >= 4 is 0 Å². The molecule has 1 aromatic carbocycles. The van der Waals surface area contributed by atoms with Crippen LogP contribution in [0.25, 0.3) is 11.3 Å². The Balaban J connectivity index is 1.58. The molecule has 0 atom stereocenters. The van der Waals surface area contributed by atoms with E-state index in [2.05, 4.69) is 48.1 Å². The van der Waals surface area contributed by atoms with Crippen LogP contribution in [0.4, 0.5) is 0 Å². The molecule has 1 heterocycles. The van der Waals surface area contributed by atoms with Gasteiger partial charge in [0.25, 0.3) is 0 Å². The van der Waals surface area contributed by atoms with E-state index in [-0.39, 0.29) is 0 Å². The van der Waals surface area contributed by atoms with Crippen LogP contribution in [0.3, 0.4) is 0 Å². The highest BCUT2D eigenvalue weighted by atomic mass is 16.5. The van der Waals surface area contributed by atoms with Crippen molar-refractivity contribution in [2.24, 2.45) is 11.8 Å². The molecule has 0 saturated heterocycles. The van der Waals surface area contributed by atoms with E-state index in [1.165, 1.54) is 76.2 Å². The summed E-state index contributed by atoms with van der Waals surface area (Å²) in [4.78, 5) is 9.04. The molecule has 1 aliphatic rings. The lowest BCUT2D eigenvalue weighted by Gasteiger charge is -2.28. The molecular weight excluding hydrogens is 380 g/mol. The summed E-state index contributed by atoms with van der Waals surface area (Å²) in [6.07, 6.45) is 20.7. The number of aromatic nitrogens is 2. The predicted molar refractivity (Wildman–Crippen MR) is 130 cm³/mol. The first kappa shape index (κ1) is 23.8. The molecule has 31 heavy (non-hydrogen) atoms. The molecule has 3 nitrogen and oxygen atoms in total. The number of nitrogens with zero attached hydrogens (tertiary/aromatic N) is 2. The largest absolute Gasteiger partial charge is 0.493 e. The first-order valence-electron chi connectivity index (χ1n) is 12.8. The first-order valence-corrected chi connectivity index (χ1v) is 12.8. The Hall–Kier alpha value is -1.90. The van der Waals surface area contributed by atoms with Crippen LogP contribution in [0.2, 0.25) is 0 Å². The Labute approximate surface area is 190 Å². The summed E-state index contributed by atoms with van der Waals surface area (Å²) >= 11 is 0. The number of ether oxygens (including phenoxy) is 1. The third-order valence-electron chi connectivity index (χ3n) is 6.94. The Morgan fingerprint density at radius 2 is 1.61 bits per heavy atom. The van der Waals surface area contributed by atoms with Gasteiger partial charge in [-0.15, -0.1) is 0 Å². The molecule has 0 amide bonds. The van der Waals surface area contributed by atoms with Gasteiger partial charge >= 0.3 is 0 Å². The van der Waals surface area contributed by atoms with Crippen molar-refractivity contribution < 1.29 is 4.74 Å². The van der Waals surface area contributed by atoms with Gasteiger partial charge in [0.15, 0.2) is 0 Å². The summed E-state index contributed by atoms with van der Waals surface area (Å²) in [6.45, 7) is 5.32. The molecule has 0 unspecified atom stereocenters. The van der Waals surface area contributed by atoms with E-state index in [9.17, 15) is 0 Å². The van der Waals surface area contributed by atoms with Crippen molar-refractivity contribution in [3.63, 3.8) is 0 Å². The van der Waals surface area contributed by atoms with Crippen molar-refractivity contribution in [2.45, 2.75) is 97.3 Å². The van der Waals surface area contributed by atoms with Crippen LogP contribution in [0.5, 0.6) is 5.75 Å². The van der Waals surface area contributed by atoms with Crippen LogP contribution in [0.15, 0.2) is 36.8 Å². The summed E-state index contributed by atoms with van der Waals surface area (Å²) in [5.41, 5.74) is 3.42. The summed E-state index contributed by atoms with van der Waals surface area (Å²) in [7, 11) is 0. The molecule has 1 saturated carbocycles. The van der Waals surface area contributed by atoms with Gasteiger partial charge in [0, 0.05) is 11.8 Å². The Morgan fingerprint density at radius 1 is 0.871 bits per heavy atom. The van der Waals surface area contributed by atoms with E-state index in [1.54, 1.807) is 6.33 Å². The smallest absolute Gasteiger partial charge is 0.128 e. The highest BCUT2D eigenvalue weighted by molar-refractivity contribution is 5.69. The average molecular weight is 423 g/mol. The van der Waals surface area contributed by atoms with Crippen molar-refractivity contribution in [1.82, 2.24) is 9.97 Å². The molecule has 1 aromatic heterocycles. The van der Waals surface area contributed by atoms with Crippen LogP contribution in [0, 0.1) is 11.8 Å². The molecule has 0 radical (unpaired) electrons. The monoisotopic (exact) mass is 422 g/mol. The maximum absolute atomic E-state index is 6.17. The highest BCUT2D eigenvalue weighted by Gasteiger charge is 2.21. The fourth-order valence-electron chi connectivity index (χ4n) is 4.94. The van der Waals surface area contributed by atoms with Gasteiger partial charge in [-0.2, -0.15) is 0 Å². The average Bonchev–Trinajstić information content (AvgIpc) is 2.82. The second kappa shape index (κ2) is 13.5. The third-order valence-corrected chi connectivity index (χ3v) is 6.94. The number of benzene rings is 1. The Morgan fingerprint density at radius 3 is 2.39 bits per heavy atom. The fourth-order valence-corrected chi connectivity index (χ4v) is 4.94. The topological polar surface area (TPSA) is 35.0 Å². The SMILES string of the molecule is CCCCCCOc1ccccc1-c1ncncc1CCC1CCC(CCCC)CC1. The minimum Gasteiger partial charge on any atom is -0.493 e. The van der Waals surface area contributed by atoms with Crippen molar-refractivity contribution in [3.8, 4) is 17.0 Å². The van der Waals surface area contributed by atoms with E-state index in [0.29, 0.717) is 0 Å². The molecule has 2 aromatic rings. The number of aryl methyl sites for hydroxylation is 1. The zero-order valence-corrected chi connectivity index (χ0v) is 19.8. The summed E-state index contributed by atoms with van der Waals surface area (Å²) in [5.74, 6) is 2.79.